The van der Waals surface area contributed by atoms with Crippen LogP contribution in [0.1, 0.15) is 5.56 Å². The van der Waals surface area contributed by atoms with E-state index in [0.717, 1.165) is 15.9 Å². The minimum atomic E-state index is -0.299. The summed E-state index contributed by atoms with van der Waals surface area (Å²) < 4.78 is 3.05. The van der Waals surface area contributed by atoms with Crippen molar-refractivity contribution in [1.82, 2.24) is 15.6 Å². The first-order valence-electron chi connectivity index (χ1n) is 8.06. The van der Waals surface area contributed by atoms with Gasteiger partial charge >= 0.3 is 5.16 Å². The number of hydrogen-bond acceptors (Lipinski definition) is 5. The van der Waals surface area contributed by atoms with Crippen LogP contribution in [0.5, 0.6) is 5.75 Å². The molecule has 7 nitrogen and oxygen atoms in total. The van der Waals surface area contributed by atoms with E-state index < -0.39 is 0 Å². The summed E-state index contributed by atoms with van der Waals surface area (Å²) in [5.41, 5.74) is 3.79. The van der Waals surface area contributed by atoms with E-state index in [1.807, 2.05) is 41.9 Å². The molecule has 1 heterocycles. The van der Waals surface area contributed by atoms with Gasteiger partial charge in [0.05, 0.1) is 29.7 Å². The molecular weight excluding hydrogens is 510 g/mol. The molecule has 0 saturated carbocycles. The minimum absolute atomic E-state index is 0.136. The van der Waals surface area contributed by atoms with E-state index in [1.165, 1.54) is 18.0 Å². The van der Waals surface area contributed by atoms with Gasteiger partial charge in [-0.05, 0) is 41.6 Å². The number of hydrogen-bond donors (Lipinski definition) is 2. The van der Waals surface area contributed by atoms with Crippen molar-refractivity contribution in [2.24, 2.45) is 12.1 Å². The predicted molar refractivity (Wildman–Crippen MR) is 113 cm³/mol. The molecule has 0 bridgehead atoms. The van der Waals surface area contributed by atoms with Crippen molar-refractivity contribution in [3.05, 3.63) is 57.0 Å². The third-order valence-electron chi connectivity index (χ3n) is 3.69. The number of carbonyl (C=O) groups is 1. The molecule has 1 aromatic heterocycles. The van der Waals surface area contributed by atoms with E-state index in [-0.39, 0.29) is 17.4 Å². The van der Waals surface area contributed by atoms with Gasteiger partial charge in [0, 0.05) is 8.95 Å². The SMILES string of the molecule is C[n+]1c(SCC(=O)NN=Cc2cc(Br)cc(Br)c2[O-])n[nH]c1-c1ccccc1. The summed E-state index contributed by atoms with van der Waals surface area (Å²) in [5.74, 6) is 0.487. The quantitative estimate of drug-likeness (QED) is 0.224. The Kier molecular flexibility index (Phi) is 6.87. The molecule has 0 atom stereocenters. The van der Waals surface area contributed by atoms with Crippen molar-refractivity contribution in [2.45, 2.75) is 5.16 Å². The van der Waals surface area contributed by atoms with Gasteiger partial charge in [-0.15, -0.1) is 5.10 Å². The molecule has 0 aliphatic rings. The standard InChI is InChI=1S/C18H15Br2N5O2S/c1-25-17(11-5-3-2-4-6-11)23-24-18(25)28-10-15(26)22-21-9-12-7-13(19)8-14(20)16(12)27/h2-9H,10H2,1H3,(H2,21,22,26,27). The number of nitrogens with zero attached hydrogens (tertiary/aromatic N) is 3. The number of carbonyl (C=O) groups excluding carboxylic acids is 1. The van der Waals surface area contributed by atoms with Crippen LogP contribution >= 0.6 is 43.6 Å². The van der Waals surface area contributed by atoms with Crippen LogP contribution in [0, 0.1) is 0 Å². The fraction of sp³-hybridized carbons (Fsp3) is 0.111. The summed E-state index contributed by atoms with van der Waals surface area (Å²) in [6, 6.07) is 13.1. The molecule has 0 aliphatic carbocycles. The third-order valence-corrected chi connectivity index (χ3v) is 5.77. The predicted octanol–water partition coefficient (Wildman–Crippen LogP) is 2.74. The normalized spacial score (nSPS) is 11.1. The number of H-pyrrole nitrogens is 1. The number of nitrogens with one attached hydrogen (secondary N) is 2. The van der Waals surface area contributed by atoms with E-state index in [2.05, 4.69) is 52.6 Å². The highest BCUT2D eigenvalue weighted by molar-refractivity contribution is 9.11. The van der Waals surface area contributed by atoms with Gasteiger partial charge in [0.25, 0.3) is 11.7 Å². The Labute approximate surface area is 182 Å². The Bertz CT molecular complexity index is 1020. The number of thioether (sulfide) groups is 1. The fourth-order valence-electron chi connectivity index (χ4n) is 2.34. The van der Waals surface area contributed by atoms with Crippen LogP contribution in [-0.4, -0.2) is 28.1 Å². The van der Waals surface area contributed by atoms with E-state index in [1.54, 1.807) is 12.1 Å². The number of benzene rings is 2. The monoisotopic (exact) mass is 523 g/mol. The maximum atomic E-state index is 12.0. The first-order valence-corrected chi connectivity index (χ1v) is 10.6. The van der Waals surface area contributed by atoms with Gasteiger partial charge in [0.1, 0.15) is 0 Å². The van der Waals surface area contributed by atoms with Gasteiger partial charge in [0.2, 0.25) is 0 Å². The lowest BCUT2D eigenvalue weighted by Crippen LogP contribution is -2.32. The van der Waals surface area contributed by atoms with Crippen LogP contribution in [0.4, 0.5) is 0 Å². The molecule has 0 aliphatic heterocycles. The highest BCUT2D eigenvalue weighted by atomic mass is 79.9. The van der Waals surface area contributed by atoms with Gasteiger partial charge in [0.15, 0.2) is 0 Å². The van der Waals surface area contributed by atoms with Crippen molar-refractivity contribution in [3.8, 4) is 17.1 Å². The largest absolute Gasteiger partial charge is 0.871 e. The zero-order chi connectivity index (χ0) is 20.1. The fourth-order valence-corrected chi connectivity index (χ4v) is 4.32. The Morgan fingerprint density at radius 3 is 2.86 bits per heavy atom. The molecule has 2 aromatic carbocycles. The molecule has 28 heavy (non-hydrogen) atoms. The van der Waals surface area contributed by atoms with E-state index in [0.29, 0.717) is 15.2 Å². The third kappa shape index (κ3) is 5.00. The molecule has 10 heteroatoms. The number of hydrazone groups is 1. The maximum Gasteiger partial charge on any atom is 0.337 e. The van der Waals surface area contributed by atoms with Gasteiger partial charge in [-0.25, -0.2) is 9.99 Å². The second-order valence-corrected chi connectivity index (χ2v) is 8.38. The zero-order valence-electron chi connectivity index (χ0n) is 14.6. The molecule has 0 fully saturated rings. The topological polar surface area (TPSA) is 97.1 Å². The van der Waals surface area contributed by atoms with Gasteiger partial charge in [-0.1, -0.05) is 55.8 Å². The van der Waals surface area contributed by atoms with Crippen molar-refractivity contribution in [2.75, 3.05) is 5.75 Å². The van der Waals surface area contributed by atoms with E-state index in [4.69, 9.17) is 0 Å². The minimum Gasteiger partial charge on any atom is -0.871 e. The second-order valence-electron chi connectivity index (χ2n) is 5.67. The Morgan fingerprint density at radius 2 is 2.11 bits per heavy atom. The summed E-state index contributed by atoms with van der Waals surface area (Å²) in [5, 5.41) is 23.7. The van der Waals surface area contributed by atoms with Gasteiger partial charge < -0.3 is 5.11 Å². The average molecular weight is 525 g/mol. The molecule has 1 amide bonds. The smallest absolute Gasteiger partial charge is 0.337 e. The lowest BCUT2D eigenvalue weighted by molar-refractivity contribution is -0.698. The van der Waals surface area contributed by atoms with E-state index in [9.17, 15) is 9.90 Å². The van der Waals surface area contributed by atoms with Gasteiger partial charge in [-0.3, -0.25) is 4.79 Å². The molecule has 3 aromatic rings. The summed E-state index contributed by atoms with van der Waals surface area (Å²) >= 11 is 7.78. The molecular formula is C18H15Br2N5O2S. The van der Waals surface area contributed by atoms with Crippen LogP contribution < -0.4 is 15.1 Å². The Balaban J connectivity index is 1.58. The van der Waals surface area contributed by atoms with Crippen molar-refractivity contribution >= 4 is 55.7 Å². The van der Waals surface area contributed by atoms with Crippen molar-refractivity contribution in [1.29, 1.82) is 0 Å². The van der Waals surface area contributed by atoms with Crippen LogP contribution in [0.3, 0.4) is 0 Å². The zero-order valence-corrected chi connectivity index (χ0v) is 18.6. The number of rotatable bonds is 6. The molecule has 0 radical (unpaired) electrons. The molecule has 0 unspecified atom stereocenters. The highest BCUT2D eigenvalue weighted by Crippen LogP contribution is 2.28. The Morgan fingerprint density at radius 1 is 1.36 bits per heavy atom. The second kappa shape index (κ2) is 9.35. The number of halogens is 2. The molecule has 144 valence electrons. The number of aromatic nitrogens is 3. The highest BCUT2D eigenvalue weighted by Gasteiger charge is 2.19. The van der Waals surface area contributed by atoms with Crippen LogP contribution in [0.25, 0.3) is 11.4 Å². The number of amides is 1. The summed E-state index contributed by atoms with van der Waals surface area (Å²) in [6.07, 6.45) is 1.32. The van der Waals surface area contributed by atoms with Crippen LogP contribution in [-0.2, 0) is 11.8 Å². The first kappa shape index (κ1) is 20.6. The maximum absolute atomic E-state index is 12.0. The first-order chi connectivity index (χ1) is 13.5. The van der Waals surface area contributed by atoms with Crippen molar-refractivity contribution in [3.63, 3.8) is 0 Å². The molecule has 3 rings (SSSR count). The van der Waals surface area contributed by atoms with Crippen LogP contribution in [0.15, 0.2) is 61.7 Å². The number of aromatic amines is 1. The van der Waals surface area contributed by atoms with E-state index >= 15 is 0 Å². The Hall–Kier alpha value is -2.17. The van der Waals surface area contributed by atoms with Gasteiger partial charge in [-0.2, -0.15) is 5.10 Å². The molecule has 0 spiro atoms. The lowest BCUT2D eigenvalue weighted by atomic mass is 10.2. The molecule has 0 saturated heterocycles. The summed E-state index contributed by atoms with van der Waals surface area (Å²) in [4.78, 5) is 12.0. The molecule has 2 N–H and O–H groups in total. The summed E-state index contributed by atoms with van der Waals surface area (Å²) in [7, 11) is 1.88. The lowest BCUT2D eigenvalue weighted by Gasteiger charge is -2.12. The average Bonchev–Trinajstić information content (AvgIpc) is 3.05. The summed E-state index contributed by atoms with van der Waals surface area (Å²) in [6.45, 7) is 0. The van der Waals surface area contributed by atoms with Crippen molar-refractivity contribution < 1.29 is 14.5 Å². The van der Waals surface area contributed by atoms with Crippen LogP contribution in [0.2, 0.25) is 0 Å².